The number of nitrogens with one attached hydrogen (secondary N) is 1. The number of ether oxygens (including phenoxy) is 1. The molecule has 7 heteroatoms. The Morgan fingerprint density at radius 1 is 0.821 bits per heavy atom. The number of sulfonamides is 1. The third kappa shape index (κ3) is 7.62. The van der Waals surface area contributed by atoms with Gasteiger partial charge in [0.15, 0.2) is 12.4 Å². The molecule has 0 radical (unpaired) electrons. The van der Waals surface area contributed by atoms with Crippen LogP contribution in [0.15, 0.2) is 65.6 Å². The Morgan fingerprint density at radius 2 is 1.43 bits per heavy atom. The van der Waals surface area contributed by atoms with E-state index in [-0.39, 0.29) is 23.7 Å². The van der Waals surface area contributed by atoms with Gasteiger partial charge >= 0.3 is 5.97 Å². The number of benzene rings is 2. The van der Waals surface area contributed by atoms with Crippen LogP contribution in [0.3, 0.4) is 0 Å². The largest absolute Gasteiger partial charge is 0.457 e. The molecule has 0 heterocycles. The molecule has 0 aliphatic rings. The van der Waals surface area contributed by atoms with Crippen LogP contribution in [-0.4, -0.2) is 33.3 Å². The summed E-state index contributed by atoms with van der Waals surface area (Å²) >= 11 is 0. The van der Waals surface area contributed by atoms with Crippen LogP contribution in [0.4, 0.5) is 0 Å². The van der Waals surface area contributed by atoms with Gasteiger partial charge in [0, 0.05) is 18.5 Å². The molecular formula is C21H25NO5S. The van der Waals surface area contributed by atoms with E-state index >= 15 is 0 Å². The zero-order valence-electron chi connectivity index (χ0n) is 15.7. The van der Waals surface area contributed by atoms with Gasteiger partial charge in [0.25, 0.3) is 0 Å². The van der Waals surface area contributed by atoms with E-state index in [1.165, 1.54) is 0 Å². The molecule has 6 nitrogen and oxygen atoms in total. The van der Waals surface area contributed by atoms with Crippen molar-refractivity contribution in [3.05, 3.63) is 66.2 Å². The first-order valence-electron chi connectivity index (χ1n) is 9.27. The van der Waals surface area contributed by atoms with Gasteiger partial charge in [0.05, 0.1) is 4.90 Å². The van der Waals surface area contributed by atoms with Gasteiger partial charge in [-0.15, -0.1) is 0 Å². The molecule has 0 aliphatic carbocycles. The van der Waals surface area contributed by atoms with Crippen molar-refractivity contribution in [1.82, 2.24) is 4.72 Å². The Labute approximate surface area is 166 Å². The number of carbonyl (C=O) groups is 2. The summed E-state index contributed by atoms with van der Waals surface area (Å²) in [6.45, 7) is 0.108. The van der Waals surface area contributed by atoms with Gasteiger partial charge in [-0.3, -0.25) is 9.59 Å². The first-order chi connectivity index (χ1) is 13.5. The second-order valence-electron chi connectivity index (χ2n) is 6.32. The van der Waals surface area contributed by atoms with E-state index in [4.69, 9.17) is 4.74 Å². The second-order valence-corrected chi connectivity index (χ2v) is 8.09. The van der Waals surface area contributed by atoms with Gasteiger partial charge in [-0.1, -0.05) is 61.4 Å². The molecule has 0 unspecified atom stereocenters. The third-order valence-corrected chi connectivity index (χ3v) is 5.59. The molecule has 0 atom stereocenters. The van der Waals surface area contributed by atoms with E-state index in [0.717, 1.165) is 12.8 Å². The average Bonchev–Trinajstić information content (AvgIpc) is 2.72. The molecule has 28 heavy (non-hydrogen) atoms. The van der Waals surface area contributed by atoms with Crippen LogP contribution in [0.2, 0.25) is 0 Å². The summed E-state index contributed by atoms with van der Waals surface area (Å²) in [6.07, 6.45) is 3.16. The maximum atomic E-state index is 12.0. The Hall–Kier alpha value is -2.51. The topological polar surface area (TPSA) is 89.5 Å². The number of Topliss-reactive ketones (excluding diaryl/α,β-unsaturated/α-hetero) is 1. The third-order valence-electron chi connectivity index (χ3n) is 4.11. The number of hydrogen-bond donors (Lipinski definition) is 1. The first kappa shape index (κ1) is 21.8. The standard InChI is InChI=1S/C21H25NO5S/c23-20(18-11-5-3-6-12-18)17-27-21(24)15-9-1-2-10-16-22-28(25,26)19-13-7-4-8-14-19/h3-8,11-14,22H,1-2,9-10,15-17H2. The van der Waals surface area contributed by atoms with Gasteiger partial charge in [-0.25, -0.2) is 13.1 Å². The minimum absolute atomic E-state index is 0.223. The van der Waals surface area contributed by atoms with Gasteiger partial charge in [-0.05, 0) is 25.0 Å². The van der Waals surface area contributed by atoms with E-state index in [1.54, 1.807) is 54.6 Å². The number of carbonyl (C=O) groups excluding carboxylic acids is 2. The van der Waals surface area contributed by atoms with Gasteiger partial charge in [0.2, 0.25) is 10.0 Å². The van der Waals surface area contributed by atoms with Crippen LogP contribution < -0.4 is 4.72 Å². The lowest BCUT2D eigenvalue weighted by atomic mass is 10.1. The average molecular weight is 404 g/mol. The van der Waals surface area contributed by atoms with Crippen LogP contribution >= 0.6 is 0 Å². The molecule has 0 aliphatic heterocycles. The van der Waals surface area contributed by atoms with Crippen molar-refractivity contribution in [3.8, 4) is 0 Å². The fourth-order valence-corrected chi connectivity index (χ4v) is 3.66. The summed E-state index contributed by atoms with van der Waals surface area (Å²) in [4.78, 5) is 23.8. The zero-order chi connectivity index (χ0) is 20.2. The van der Waals surface area contributed by atoms with Crippen molar-refractivity contribution in [2.45, 2.75) is 37.0 Å². The Kier molecular flexibility index (Phi) is 8.84. The maximum absolute atomic E-state index is 12.0. The maximum Gasteiger partial charge on any atom is 0.306 e. The van der Waals surface area contributed by atoms with Gasteiger partial charge in [0.1, 0.15) is 0 Å². The second kappa shape index (κ2) is 11.4. The molecule has 0 fully saturated rings. The van der Waals surface area contributed by atoms with Crippen molar-refractivity contribution in [2.24, 2.45) is 0 Å². The Morgan fingerprint density at radius 3 is 2.11 bits per heavy atom. The fourth-order valence-electron chi connectivity index (χ4n) is 2.56. The Bertz CT molecular complexity index is 851. The molecule has 0 spiro atoms. The molecule has 2 aromatic rings. The minimum Gasteiger partial charge on any atom is -0.457 e. The lowest BCUT2D eigenvalue weighted by Crippen LogP contribution is -2.24. The van der Waals surface area contributed by atoms with Crippen molar-refractivity contribution in [3.63, 3.8) is 0 Å². The zero-order valence-corrected chi connectivity index (χ0v) is 16.5. The van der Waals surface area contributed by atoms with E-state index < -0.39 is 16.0 Å². The molecule has 0 aromatic heterocycles. The predicted octanol–water partition coefficient (Wildman–Crippen LogP) is 3.34. The van der Waals surface area contributed by atoms with Crippen LogP contribution in [0.1, 0.15) is 42.5 Å². The molecule has 0 saturated carbocycles. The minimum atomic E-state index is -3.46. The van der Waals surface area contributed by atoms with E-state index in [0.29, 0.717) is 24.9 Å². The predicted molar refractivity (Wildman–Crippen MR) is 106 cm³/mol. The molecular weight excluding hydrogens is 378 g/mol. The highest BCUT2D eigenvalue weighted by Gasteiger charge is 2.12. The summed E-state index contributed by atoms with van der Waals surface area (Å²) in [6, 6.07) is 16.9. The highest BCUT2D eigenvalue weighted by Crippen LogP contribution is 2.08. The normalized spacial score (nSPS) is 11.1. The molecule has 2 rings (SSSR count). The monoisotopic (exact) mass is 403 g/mol. The summed E-state index contributed by atoms with van der Waals surface area (Å²) < 4.78 is 31.6. The molecule has 2 aromatic carbocycles. The molecule has 150 valence electrons. The van der Waals surface area contributed by atoms with Crippen LogP contribution in [0.5, 0.6) is 0 Å². The summed E-state index contributed by atoms with van der Waals surface area (Å²) in [5.74, 6) is -0.617. The van der Waals surface area contributed by atoms with Crippen LogP contribution in [0, 0.1) is 0 Å². The quantitative estimate of drug-likeness (QED) is 0.333. The number of ketones is 1. The Balaban J connectivity index is 1.53. The first-order valence-corrected chi connectivity index (χ1v) is 10.8. The lowest BCUT2D eigenvalue weighted by molar-refractivity contribution is -0.142. The van der Waals surface area contributed by atoms with Crippen LogP contribution in [-0.2, 0) is 19.6 Å². The van der Waals surface area contributed by atoms with E-state index in [9.17, 15) is 18.0 Å². The van der Waals surface area contributed by atoms with Gasteiger partial charge in [-0.2, -0.15) is 0 Å². The highest BCUT2D eigenvalue weighted by molar-refractivity contribution is 7.89. The number of esters is 1. The van der Waals surface area contributed by atoms with Crippen molar-refractivity contribution >= 4 is 21.8 Å². The van der Waals surface area contributed by atoms with Crippen molar-refractivity contribution < 1.29 is 22.7 Å². The van der Waals surface area contributed by atoms with Crippen molar-refractivity contribution in [2.75, 3.05) is 13.2 Å². The SMILES string of the molecule is O=C(CCCCCCNS(=O)(=O)c1ccccc1)OCC(=O)c1ccccc1. The number of rotatable bonds is 12. The summed E-state index contributed by atoms with van der Waals surface area (Å²) in [5, 5.41) is 0. The van der Waals surface area contributed by atoms with Crippen LogP contribution in [0.25, 0.3) is 0 Å². The summed E-state index contributed by atoms with van der Waals surface area (Å²) in [7, 11) is -3.46. The fraction of sp³-hybridized carbons (Fsp3) is 0.333. The highest BCUT2D eigenvalue weighted by atomic mass is 32.2. The van der Waals surface area contributed by atoms with E-state index in [1.807, 2.05) is 6.07 Å². The number of unbranched alkanes of at least 4 members (excludes halogenated alkanes) is 3. The molecule has 0 amide bonds. The van der Waals surface area contributed by atoms with Crippen molar-refractivity contribution in [1.29, 1.82) is 0 Å². The summed E-state index contributed by atoms with van der Waals surface area (Å²) in [5.41, 5.74) is 0.522. The molecule has 1 N–H and O–H groups in total. The van der Waals surface area contributed by atoms with E-state index in [2.05, 4.69) is 4.72 Å². The number of hydrogen-bond acceptors (Lipinski definition) is 5. The van der Waals surface area contributed by atoms with Gasteiger partial charge < -0.3 is 4.74 Å². The molecule has 0 saturated heterocycles. The smallest absolute Gasteiger partial charge is 0.306 e. The lowest BCUT2D eigenvalue weighted by Gasteiger charge is -2.07. The molecule has 0 bridgehead atoms.